The monoisotopic (exact) mass is 275 g/mol. The fraction of sp³-hybridized carbons (Fsp3) is 0.417. The molecule has 0 spiro atoms. The van der Waals surface area contributed by atoms with Crippen LogP contribution in [-0.2, 0) is 11.3 Å². The molecule has 2 N–H and O–H groups in total. The number of nitrogens with one attached hydrogen (secondary N) is 1. The number of alkyl carbamates (subject to hydrolysis) is 1. The van der Waals surface area contributed by atoms with Gasteiger partial charge in [0.1, 0.15) is 17.2 Å². The highest BCUT2D eigenvalue weighted by molar-refractivity contribution is 6.30. The smallest absolute Gasteiger partial charge is 0.407 e. The van der Waals surface area contributed by atoms with E-state index in [1.54, 1.807) is 20.8 Å². The number of phenolic OH excluding ortho intramolecular Hbond substituents is 1. The van der Waals surface area contributed by atoms with Crippen LogP contribution in [0.3, 0.4) is 0 Å². The molecule has 0 bridgehead atoms. The van der Waals surface area contributed by atoms with Gasteiger partial charge in [0.2, 0.25) is 0 Å². The van der Waals surface area contributed by atoms with E-state index in [4.69, 9.17) is 16.3 Å². The zero-order valence-corrected chi connectivity index (χ0v) is 11.1. The van der Waals surface area contributed by atoms with Gasteiger partial charge in [0.05, 0.1) is 17.1 Å². The van der Waals surface area contributed by atoms with Crippen LogP contribution in [0, 0.1) is 5.82 Å². The Kier molecular flexibility index (Phi) is 4.40. The average Bonchev–Trinajstić information content (AvgIpc) is 2.21. The van der Waals surface area contributed by atoms with Gasteiger partial charge in [-0.2, -0.15) is 0 Å². The lowest BCUT2D eigenvalue weighted by atomic mass is 10.2. The van der Waals surface area contributed by atoms with Crippen LogP contribution in [0.15, 0.2) is 12.1 Å². The minimum absolute atomic E-state index is 0.0756. The van der Waals surface area contributed by atoms with E-state index in [1.165, 1.54) is 12.1 Å². The molecule has 1 rings (SSSR count). The molecule has 0 fully saturated rings. The number of hydrogen-bond acceptors (Lipinski definition) is 3. The Morgan fingerprint density at radius 3 is 2.67 bits per heavy atom. The van der Waals surface area contributed by atoms with Gasteiger partial charge < -0.3 is 15.2 Å². The van der Waals surface area contributed by atoms with Gasteiger partial charge in [0.25, 0.3) is 0 Å². The van der Waals surface area contributed by atoms with Gasteiger partial charge in [0.15, 0.2) is 0 Å². The van der Waals surface area contributed by atoms with Crippen molar-refractivity contribution in [1.29, 1.82) is 0 Å². The summed E-state index contributed by atoms with van der Waals surface area (Å²) in [4.78, 5) is 11.4. The Hall–Kier alpha value is -1.49. The van der Waals surface area contributed by atoms with Gasteiger partial charge in [-0.1, -0.05) is 11.6 Å². The lowest BCUT2D eigenvalue weighted by Gasteiger charge is -2.19. The van der Waals surface area contributed by atoms with Crippen molar-refractivity contribution in [2.24, 2.45) is 0 Å². The van der Waals surface area contributed by atoms with Gasteiger partial charge >= 0.3 is 6.09 Å². The van der Waals surface area contributed by atoms with E-state index < -0.39 is 17.5 Å². The molecule has 0 aromatic heterocycles. The predicted octanol–water partition coefficient (Wildman–Crippen LogP) is 3.21. The Labute approximate surface area is 110 Å². The Morgan fingerprint density at radius 2 is 2.11 bits per heavy atom. The normalized spacial score (nSPS) is 11.2. The van der Waals surface area contributed by atoms with Crippen molar-refractivity contribution >= 4 is 17.7 Å². The van der Waals surface area contributed by atoms with Crippen LogP contribution < -0.4 is 5.32 Å². The fourth-order valence-corrected chi connectivity index (χ4v) is 1.40. The van der Waals surface area contributed by atoms with Crippen molar-refractivity contribution in [1.82, 2.24) is 5.32 Å². The molecule has 0 aliphatic rings. The second kappa shape index (κ2) is 5.44. The first-order valence-corrected chi connectivity index (χ1v) is 5.71. The van der Waals surface area contributed by atoms with Crippen LogP contribution in [0.25, 0.3) is 0 Å². The molecule has 0 aliphatic heterocycles. The van der Waals surface area contributed by atoms with Crippen molar-refractivity contribution in [3.8, 4) is 5.75 Å². The van der Waals surface area contributed by atoms with Gasteiger partial charge in [-0.3, -0.25) is 0 Å². The van der Waals surface area contributed by atoms with Gasteiger partial charge in [-0.15, -0.1) is 0 Å². The largest absolute Gasteiger partial charge is 0.507 e. The highest BCUT2D eigenvalue weighted by Crippen LogP contribution is 2.26. The molecule has 0 saturated heterocycles. The maximum atomic E-state index is 13.6. The number of carbonyl (C=O) groups is 1. The number of amides is 1. The van der Waals surface area contributed by atoms with Crippen LogP contribution in [0.2, 0.25) is 5.02 Å². The first-order valence-electron chi connectivity index (χ1n) is 5.33. The highest BCUT2D eigenvalue weighted by atomic mass is 35.5. The number of phenols is 1. The van der Waals surface area contributed by atoms with Crippen molar-refractivity contribution in [3.63, 3.8) is 0 Å². The minimum atomic E-state index is -0.757. The molecule has 1 aromatic rings. The summed E-state index contributed by atoms with van der Waals surface area (Å²) in [5, 5.41) is 11.7. The average molecular weight is 276 g/mol. The van der Waals surface area contributed by atoms with Crippen molar-refractivity contribution in [2.45, 2.75) is 32.9 Å². The first kappa shape index (κ1) is 14.6. The number of rotatable bonds is 2. The minimum Gasteiger partial charge on any atom is -0.507 e. The summed E-state index contributed by atoms with van der Waals surface area (Å²) in [6, 6.07) is 2.50. The molecular weight excluding hydrogens is 261 g/mol. The molecule has 100 valence electrons. The summed E-state index contributed by atoms with van der Waals surface area (Å²) in [6.45, 7) is 4.94. The maximum Gasteiger partial charge on any atom is 0.407 e. The summed E-state index contributed by atoms with van der Waals surface area (Å²) >= 11 is 5.58. The van der Waals surface area contributed by atoms with Crippen LogP contribution in [-0.4, -0.2) is 16.8 Å². The predicted molar refractivity (Wildman–Crippen MR) is 66.1 cm³/mol. The molecule has 0 heterocycles. The summed E-state index contributed by atoms with van der Waals surface area (Å²) < 4.78 is 18.5. The van der Waals surface area contributed by atoms with Gasteiger partial charge in [-0.25, -0.2) is 9.18 Å². The van der Waals surface area contributed by atoms with Crippen molar-refractivity contribution in [3.05, 3.63) is 28.5 Å². The van der Waals surface area contributed by atoms with Crippen LogP contribution >= 0.6 is 11.6 Å². The third-order valence-corrected chi connectivity index (χ3v) is 2.27. The maximum absolute atomic E-state index is 13.6. The Bertz CT molecular complexity index is 457. The van der Waals surface area contributed by atoms with E-state index in [9.17, 15) is 14.3 Å². The van der Waals surface area contributed by atoms with Gasteiger partial charge in [0, 0.05) is 0 Å². The van der Waals surface area contributed by atoms with Crippen LogP contribution in [0.4, 0.5) is 9.18 Å². The van der Waals surface area contributed by atoms with E-state index in [1.807, 2.05) is 0 Å². The molecule has 18 heavy (non-hydrogen) atoms. The quantitative estimate of drug-likeness (QED) is 0.871. The molecule has 0 saturated carbocycles. The van der Waals surface area contributed by atoms with E-state index >= 15 is 0 Å². The van der Waals surface area contributed by atoms with E-state index in [2.05, 4.69) is 5.32 Å². The van der Waals surface area contributed by atoms with E-state index in [0.717, 1.165) is 0 Å². The number of ether oxygens (including phenoxy) is 1. The van der Waals surface area contributed by atoms with Crippen LogP contribution in [0.1, 0.15) is 26.3 Å². The zero-order chi connectivity index (χ0) is 13.9. The molecule has 1 amide bonds. The zero-order valence-electron chi connectivity index (χ0n) is 10.4. The molecule has 1 aromatic carbocycles. The standard InChI is InChI=1S/C12H15ClFNO3/c1-12(2,3)18-11(17)15-6-7-9(16)5-4-8(13)10(7)14/h4-5,16H,6H2,1-3H3,(H,15,17). The molecule has 0 atom stereocenters. The lowest BCUT2D eigenvalue weighted by molar-refractivity contribution is 0.0523. The van der Waals surface area contributed by atoms with E-state index in [-0.39, 0.29) is 22.9 Å². The Balaban J connectivity index is 2.70. The summed E-state index contributed by atoms with van der Waals surface area (Å²) in [7, 11) is 0. The highest BCUT2D eigenvalue weighted by Gasteiger charge is 2.17. The fourth-order valence-electron chi connectivity index (χ4n) is 1.23. The molecule has 4 nitrogen and oxygen atoms in total. The first-order chi connectivity index (χ1) is 8.20. The molecular formula is C12H15ClFNO3. The molecule has 0 unspecified atom stereocenters. The Morgan fingerprint density at radius 1 is 1.50 bits per heavy atom. The van der Waals surface area contributed by atoms with E-state index in [0.29, 0.717) is 0 Å². The topological polar surface area (TPSA) is 58.6 Å². The number of benzene rings is 1. The third kappa shape index (κ3) is 4.07. The molecule has 0 aliphatic carbocycles. The summed E-state index contributed by atoms with van der Waals surface area (Å²) in [5.41, 5.74) is -0.715. The molecule has 0 radical (unpaired) electrons. The SMILES string of the molecule is CC(C)(C)OC(=O)NCc1c(O)ccc(Cl)c1F. The third-order valence-electron chi connectivity index (χ3n) is 1.98. The number of aromatic hydroxyl groups is 1. The number of halogens is 2. The summed E-state index contributed by atoms with van der Waals surface area (Å²) in [5.74, 6) is -1.03. The molecule has 6 heteroatoms. The second-order valence-corrected chi connectivity index (χ2v) is 5.12. The summed E-state index contributed by atoms with van der Waals surface area (Å²) in [6.07, 6.45) is -0.693. The lowest BCUT2D eigenvalue weighted by Crippen LogP contribution is -2.32. The van der Waals surface area contributed by atoms with Crippen LogP contribution in [0.5, 0.6) is 5.75 Å². The van der Waals surface area contributed by atoms with Gasteiger partial charge in [-0.05, 0) is 32.9 Å². The van der Waals surface area contributed by atoms with Crippen molar-refractivity contribution < 1.29 is 19.0 Å². The number of hydrogen-bond donors (Lipinski definition) is 2. The second-order valence-electron chi connectivity index (χ2n) is 4.71. The van der Waals surface area contributed by atoms with Crippen molar-refractivity contribution in [2.75, 3.05) is 0 Å². The number of carbonyl (C=O) groups excluding carboxylic acids is 1.